The Labute approximate surface area is 112 Å². The first-order chi connectivity index (χ1) is 8.61. The zero-order valence-electron chi connectivity index (χ0n) is 12.2. The van der Waals surface area contributed by atoms with E-state index in [0.717, 1.165) is 5.92 Å². The van der Waals surface area contributed by atoms with Crippen LogP contribution in [-0.2, 0) is 0 Å². The van der Waals surface area contributed by atoms with E-state index in [1.165, 1.54) is 30.4 Å². The van der Waals surface area contributed by atoms with E-state index in [0.29, 0.717) is 18.0 Å². The van der Waals surface area contributed by atoms with Gasteiger partial charge in [-0.2, -0.15) is 0 Å². The van der Waals surface area contributed by atoms with E-state index in [1.807, 2.05) is 0 Å². The molecule has 0 amide bonds. The average molecular weight is 245 g/mol. The van der Waals surface area contributed by atoms with Gasteiger partial charge in [0.25, 0.3) is 0 Å². The van der Waals surface area contributed by atoms with Gasteiger partial charge in [0.2, 0.25) is 0 Å². The van der Waals surface area contributed by atoms with E-state index in [9.17, 15) is 0 Å². The molecule has 100 valence electrons. The largest absolute Gasteiger partial charge is 0.307 e. The predicted octanol–water partition coefficient (Wildman–Crippen LogP) is 4.47. The van der Waals surface area contributed by atoms with Gasteiger partial charge in [0.05, 0.1) is 0 Å². The fourth-order valence-electron chi connectivity index (χ4n) is 2.72. The third-order valence-electron chi connectivity index (χ3n) is 4.17. The van der Waals surface area contributed by atoms with Crippen molar-refractivity contribution in [1.82, 2.24) is 5.32 Å². The van der Waals surface area contributed by atoms with Crippen molar-refractivity contribution in [2.75, 3.05) is 0 Å². The Morgan fingerprint density at radius 1 is 1.17 bits per heavy atom. The minimum atomic E-state index is 0.568. The average Bonchev–Trinajstić information content (AvgIpc) is 3.16. The second-order valence-electron chi connectivity index (χ2n) is 6.15. The second kappa shape index (κ2) is 5.88. The van der Waals surface area contributed by atoms with Crippen molar-refractivity contribution in [1.29, 1.82) is 0 Å². The van der Waals surface area contributed by atoms with Crippen LogP contribution in [0.2, 0.25) is 0 Å². The van der Waals surface area contributed by atoms with Crippen LogP contribution in [0, 0.1) is 18.8 Å². The van der Waals surface area contributed by atoms with Crippen LogP contribution in [0.5, 0.6) is 0 Å². The molecule has 18 heavy (non-hydrogen) atoms. The molecule has 2 unspecified atom stereocenters. The van der Waals surface area contributed by atoms with Gasteiger partial charge < -0.3 is 5.32 Å². The minimum Gasteiger partial charge on any atom is -0.307 e. The molecule has 1 heteroatoms. The van der Waals surface area contributed by atoms with E-state index in [1.54, 1.807) is 0 Å². The van der Waals surface area contributed by atoms with Crippen molar-refractivity contribution in [2.24, 2.45) is 11.8 Å². The number of hydrogen-bond donors (Lipinski definition) is 1. The van der Waals surface area contributed by atoms with Gasteiger partial charge in [-0.05, 0) is 43.6 Å². The summed E-state index contributed by atoms with van der Waals surface area (Å²) in [5.41, 5.74) is 2.83. The summed E-state index contributed by atoms with van der Waals surface area (Å²) in [6.45, 7) is 9.09. The number of aryl methyl sites for hydroxylation is 1. The fourth-order valence-corrected chi connectivity index (χ4v) is 2.72. The van der Waals surface area contributed by atoms with E-state index in [4.69, 9.17) is 0 Å². The quantitative estimate of drug-likeness (QED) is 0.779. The van der Waals surface area contributed by atoms with Gasteiger partial charge >= 0.3 is 0 Å². The summed E-state index contributed by atoms with van der Waals surface area (Å²) in [4.78, 5) is 0. The lowest BCUT2D eigenvalue weighted by Crippen LogP contribution is -2.37. The zero-order valence-corrected chi connectivity index (χ0v) is 12.2. The van der Waals surface area contributed by atoms with Gasteiger partial charge in [0.15, 0.2) is 0 Å². The highest BCUT2D eigenvalue weighted by Gasteiger charge is 2.33. The molecule has 0 spiro atoms. The summed E-state index contributed by atoms with van der Waals surface area (Å²) in [5, 5.41) is 3.90. The van der Waals surface area contributed by atoms with Crippen LogP contribution in [-0.4, -0.2) is 6.04 Å². The van der Waals surface area contributed by atoms with Crippen LogP contribution < -0.4 is 5.32 Å². The van der Waals surface area contributed by atoms with Gasteiger partial charge in [0, 0.05) is 12.1 Å². The highest BCUT2D eigenvalue weighted by Crippen LogP contribution is 2.41. The molecule has 1 aliphatic carbocycles. The minimum absolute atomic E-state index is 0.568. The van der Waals surface area contributed by atoms with Crippen LogP contribution in [0.4, 0.5) is 0 Å². The molecule has 0 aliphatic heterocycles. The molecule has 2 rings (SSSR count). The lowest BCUT2D eigenvalue weighted by molar-refractivity contribution is 0.327. The number of hydrogen-bond acceptors (Lipinski definition) is 1. The number of rotatable bonds is 6. The van der Waals surface area contributed by atoms with E-state index in [2.05, 4.69) is 57.3 Å². The Kier molecular flexibility index (Phi) is 4.45. The normalized spacial score (nSPS) is 18.9. The lowest BCUT2D eigenvalue weighted by atomic mass is 9.96. The van der Waals surface area contributed by atoms with Crippen LogP contribution in [0.25, 0.3) is 0 Å². The summed E-state index contributed by atoms with van der Waals surface area (Å²) >= 11 is 0. The van der Waals surface area contributed by atoms with Gasteiger partial charge in [-0.15, -0.1) is 0 Å². The van der Waals surface area contributed by atoms with Crippen LogP contribution in [0.15, 0.2) is 24.3 Å². The molecule has 1 aromatic rings. The van der Waals surface area contributed by atoms with Crippen LogP contribution >= 0.6 is 0 Å². The summed E-state index contributed by atoms with van der Waals surface area (Å²) in [7, 11) is 0. The molecule has 0 radical (unpaired) electrons. The van der Waals surface area contributed by atoms with Gasteiger partial charge in [-0.25, -0.2) is 0 Å². The number of benzene rings is 1. The fraction of sp³-hybridized carbons (Fsp3) is 0.647. The Bertz CT molecular complexity index is 362. The second-order valence-corrected chi connectivity index (χ2v) is 6.15. The maximum Gasteiger partial charge on any atom is 0.0351 e. The first-order valence-electron chi connectivity index (χ1n) is 7.44. The number of nitrogens with one attached hydrogen (secondary N) is 1. The monoisotopic (exact) mass is 245 g/mol. The third kappa shape index (κ3) is 3.35. The molecule has 1 saturated carbocycles. The Balaban J connectivity index is 2.10. The summed E-state index contributed by atoms with van der Waals surface area (Å²) in [6, 6.07) is 10.3. The first-order valence-corrected chi connectivity index (χ1v) is 7.44. The molecule has 1 aromatic carbocycles. The maximum absolute atomic E-state index is 3.90. The van der Waals surface area contributed by atoms with Gasteiger partial charge in [0.1, 0.15) is 0 Å². The summed E-state index contributed by atoms with van der Waals surface area (Å²) in [5.74, 6) is 1.57. The van der Waals surface area contributed by atoms with Crippen molar-refractivity contribution in [3.05, 3.63) is 35.4 Å². The predicted molar refractivity (Wildman–Crippen MR) is 78.7 cm³/mol. The highest BCUT2D eigenvalue weighted by molar-refractivity contribution is 5.25. The summed E-state index contributed by atoms with van der Waals surface area (Å²) < 4.78 is 0. The van der Waals surface area contributed by atoms with Crippen LogP contribution in [0.3, 0.4) is 0 Å². The van der Waals surface area contributed by atoms with E-state index in [-0.39, 0.29) is 0 Å². The zero-order chi connectivity index (χ0) is 13.1. The molecule has 0 bridgehead atoms. The standard InChI is InChI=1S/C17H27N/c1-5-16(12(2)3)18-17(15-10-11-15)14-8-6-13(4)7-9-14/h6-9,12,15-18H,5,10-11H2,1-4H3. The molecule has 2 atom stereocenters. The van der Waals surface area contributed by atoms with Gasteiger partial charge in [-0.3, -0.25) is 0 Å². The van der Waals surface area contributed by atoms with Gasteiger partial charge in [-0.1, -0.05) is 50.6 Å². The SMILES string of the molecule is CCC(NC(c1ccc(C)cc1)C1CC1)C(C)C. The van der Waals surface area contributed by atoms with Crippen molar-refractivity contribution in [3.8, 4) is 0 Å². The lowest BCUT2D eigenvalue weighted by Gasteiger charge is -2.28. The molecule has 0 aromatic heterocycles. The van der Waals surface area contributed by atoms with Crippen molar-refractivity contribution < 1.29 is 0 Å². The Morgan fingerprint density at radius 3 is 2.22 bits per heavy atom. The van der Waals surface area contributed by atoms with Crippen LogP contribution in [0.1, 0.15) is 57.2 Å². The van der Waals surface area contributed by atoms with Crippen molar-refractivity contribution in [3.63, 3.8) is 0 Å². The first kappa shape index (κ1) is 13.6. The molecule has 0 saturated heterocycles. The molecule has 1 nitrogen and oxygen atoms in total. The maximum atomic E-state index is 3.90. The van der Waals surface area contributed by atoms with Crippen molar-refractivity contribution >= 4 is 0 Å². The molecule has 1 aliphatic rings. The topological polar surface area (TPSA) is 12.0 Å². The van der Waals surface area contributed by atoms with E-state index >= 15 is 0 Å². The molecule has 1 N–H and O–H groups in total. The molecular weight excluding hydrogens is 218 g/mol. The highest BCUT2D eigenvalue weighted by atomic mass is 15.0. The third-order valence-corrected chi connectivity index (χ3v) is 4.17. The van der Waals surface area contributed by atoms with Crippen molar-refractivity contribution in [2.45, 2.75) is 59.0 Å². The Morgan fingerprint density at radius 2 is 1.78 bits per heavy atom. The summed E-state index contributed by atoms with van der Waals surface area (Å²) in [6.07, 6.45) is 3.99. The Hall–Kier alpha value is -0.820. The molecule has 0 heterocycles. The molecule has 1 fully saturated rings. The molecular formula is C17H27N. The smallest absolute Gasteiger partial charge is 0.0351 e. The van der Waals surface area contributed by atoms with E-state index < -0.39 is 0 Å².